The number of benzene rings is 1. The van der Waals surface area contributed by atoms with Crippen molar-refractivity contribution in [2.75, 3.05) is 0 Å². The maximum absolute atomic E-state index is 8.52. The van der Waals surface area contributed by atoms with Crippen LogP contribution in [0.3, 0.4) is 0 Å². The molecule has 0 aliphatic heterocycles. The molecular formula is C9H12ClNO. The van der Waals surface area contributed by atoms with Crippen molar-refractivity contribution in [2.24, 2.45) is 0 Å². The van der Waals surface area contributed by atoms with Crippen LogP contribution in [-0.2, 0) is 6.54 Å². The zero-order valence-corrected chi connectivity index (χ0v) is 7.94. The van der Waals surface area contributed by atoms with Crippen LogP contribution in [0.5, 0.6) is 0 Å². The van der Waals surface area contributed by atoms with Crippen LogP contribution < -0.4 is 5.48 Å². The summed E-state index contributed by atoms with van der Waals surface area (Å²) in [6, 6.07) is 3.97. The molecule has 1 aromatic carbocycles. The van der Waals surface area contributed by atoms with E-state index >= 15 is 0 Å². The molecule has 0 heterocycles. The Kier molecular flexibility index (Phi) is 3.09. The highest BCUT2D eigenvalue weighted by Gasteiger charge is 2.03. The lowest BCUT2D eigenvalue weighted by Gasteiger charge is -2.07. The zero-order chi connectivity index (χ0) is 9.14. The lowest BCUT2D eigenvalue weighted by Crippen LogP contribution is -2.07. The molecule has 3 heteroatoms. The van der Waals surface area contributed by atoms with E-state index in [1.54, 1.807) is 0 Å². The summed E-state index contributed by atoms with van der Waals surface area (Å²) in [5.41, 5.74) is 5.22. The Morgan fingerprint density at radius 3 is 2.67 bits per heavy atom. The fraction of sp³-hybridized carbons (Fsp3) is 0.333. The molecule has 66 valence electrons. The van der Waals surface area contributed by atoms with Crippen molar-refractivity contribution < 1.29 is 5.21 Å². The third-order valence-electron chi connectivity index (χ3n) is 1.74. The Balaban J connectivity index is 3.09. The van der Waals surface area contributed by atoms with Gasteiger partial charge < -0.3 is 5.21 Å². The van der Waals surface area contributed by atoms with Gasteiger partial charge in [-0.1, -0.05) is 29.3 Å². The van der Waals surface area contributed by atoms with Crippen LogP contribution in [0.15, 0.2) is 12.1 Å². The second kappa shape index (κ2) is 3.90. The number of hydrogen-bond acceptors (Lipinski definition) is 2. The SMILES string of the molecule is Cc1cc(C)c(Cl)c(CNO)c1. The molecular weight excluding hydrogens is 174 g/mol. The Morgan fingerprint density at radius 2 is 2.08 bits per heavy atom. The minimum atomic E-state index is 0.390. The third kappa shape index (κ3) is 1.97. The molecule has 0 aromatic heterocycles. The van der Waals surface area contributed by atoms with Crippen molar-refractivity contribution in [3.63, 3.8) is 0 Å². The summed E-state index contributed by atoms with van der Waals surface area (Å²) in [6.07, 6.45) is 0. The largest absolute Gasteiger partial charge is 0.316 e. The number of nitrogens with one attached hydrogen (secondary N) is 1. The van der Waals surface area contributed by atoms with E-state index in [0.29, 0.717) is 6.54 Å². The molecule has 0 amide bonds. The molecule has 2 nitrogen and oxygen atoms in total. The molecule has 0 saturated carbocycles. The van der Waals surface area contributed by atoms with E-state index < -0.39 is 0 Å². The first-order valence-corrected chi connectivity index (χ1v) is 4.15. The summed E-state index contributed by atoms with van der Waals surface area (Å²) in [6.45, 7) is 4.35. The van der Waals surface area contributed by atoms with E-state index in [0.717, 1.165) is 21.7 Å². The van der Waals surface area contributed by atoms with E-state index in [2.05, 4.69) is 5.48 Å². The topological polar surface area (TPSA) is 32.3 Å². The number of aryl methyl sites for hydroxylation is 2. The Bertz CT molecular complexity index is 286. The summed E-state index contributed by atoms with van der Waals surface area (Å²) in [7, 11) is 0. The minimum Gasteiger partial charge on any atom is -0.316 e. The average Bonchev–Trinajstić information content (AvgIpc) is 2.00. The molecule has 0 fully saturated rings. The molecule has 0 unspecified atom stereocenters. The van der Waals surface area contributed by atoms with Crippen molar-refractivity contribution in [1.29, 1.82) is 0 Å². The number of halogens is 1. The molecule has 0 atom stereocenters. The van der Waals surface area contributed by atoms with Crippen molar-refractivity contribution in [3.05, 3.63) is 33.8 Å². The molecule has 0 aliphatic rings. The lowest BCUT2D eigenvalue weighted by atomic mass is 10.1. The van der Waals surface area contributed by atoms with Crippen molar-refractivity contribution in [1.82, 2.24) is 5.48 Å². The van der Waals surface area contributed by atoms with Crippen LogP contribution in [0, 0.1) is 13.8 Å². The number of rotatable bonds is 2. The van der Waals surface area contributed by atoms with Gasteiger partial charge >= 0.3 is 0 Å². The molecule has 12 heavy (non-hydrogen) atoms. The first-order valence-electron chi connectivity index (χ1n) is 3.77. The van der Waals surface area contributed by atoms with Crippen molar-refractivity contribution in [2.45, 2.75) is 20.4 Å². The quantitative estimate of drug-likeness (QED) is 0.694. The molecule has 0 aliphatic carbocycles. The Labute approximate surface area is 77.1 Å². The highest BCUT2D eigenvalue weighted by molar-refractivity contribution is 6.32. The van der Waals surface area contributed by atoms with Gasteiger partial charge in [0.05, 0.1) is 0 Å². The first kappa shape index (κ1) is 9.52. The van der Waals surface area contributed by atoms with Crippen LogP contribution in [-0.4, -0.2) is 5.21 Å². The maximum atomic E-state index is 8.52. The molecule has 0 bridgehead atoms. The normalized spacial score (nSPS) is 10.3. The van der Waals surface area contributed by atoms with Gasteiger partial charge in [-0.2, -0.15) is 0 Å². The van der Waals surface area contributed by atoms with E-state index in [4.69, 9.17) is 16.8 Å². The molecule has 2 N–H and O–H groups in total. The Morgan fingerprint density at radius 1 is 1.42 bits per heavy atom. The van der Waals surface area contributed by atoms with Gasteiger partial charge in [-0.05, 0) is 25.0 Å². The average molecular weight is 186 g/mol. The van der Waals surface area contributed by atoms with Crippen LogP contribution in [0.4, 0.5) is 0 Å². The van der Waals surface area contributed by atoms with Crippen molar-refractivity contribution >= 4 is 11.6 Å². The van der Waals surface area contributed by atoms with Crippen LogP contribution in [0.2, 0.25) is 5.02 Å². The second-order valence-corrected chi connectivity index (χ2v) is 3.27. The van der Waals surface area contributed by atoms with Gasteiger partial charge in [0.15, 0.2) is 0 Å². The number of hydroxylamine groups is 1. The summed E-state index contributed by atoms with van der Waals surface area (Å²) < 4.78 is 0. The molecule has 0 spiro atoms. The molecule has 0 radical (unpaired) electrons. The zero-order valence-electron chi connectivity index (χ0n) is 7.19. The van der Waals surface area contributed by atoms with Crippen LogP contribution in [0.25, 0.3) is 0 Å². The highest BCUT2D eigenvalue weighted by Crippen LogP contribution is 2.22. The summed E-state index contributed by atoms with van der Waals surface area (Å²) >= 11 is 5.99. The van der Waals surface area contributed by atoms with Gasteiger partial charge in [-0.3, -0.25) is 0 Å². The fourth-order valence-corrected chi connectivity index (χ4v) is 1.43. The van der Waals surface area contributed by atoms with Gasteiger partial charge in [0.25, 0.3) is 0 Å². The van der Waals surface area contributed by atoms with Crippen LogP contribution >= 0.6 is 11.6 Å². The summed E-state index contributed by atoms with van der Waals surface area (Å²) in [5, 5.41) is 9.24. The minimum absolute atomic E-state index is 0.390. The standard InChI is InChI=1S/C9H12ClNO/c1-6-3-7(2)9(10)8(4-6)5-11-12/h3-4,11-12H,5H2,1-2H3. The monoisotopic (exact) mass is 185 g/mol. The van der Waals surface area contributed by atoms with Gasteiger partial charge in [-0.25, -0.2) is 5.48 Å². The third-order valence-corrected chi connectivity index (χ3v) is 2.28. The predicted molar refractivity (Wildman–Crippen MR) is 49.6 cm³/mol. The lowest BCUT2D eigenvalue weighted by molar-refractivity contribution is 0.161. The fourth-order valence-electron chi connectivity index (χ4n) is 1.25. The summed E-state index contributed by atoms with van der Waals surface area (Å²) in [4.78, 5) is 0. The summed E-state index contributed by atoms with van der Waals surface area (Å²) in [5.74, 6) is 0. The maximum Gasteiger partial charge on any atom is 0.0481 e. The smallest absolute Gasteiger partial charge is 0.0481 e. The van der Waals surface area contributed by atoms with Gasteiger partial charge in [0.2, 0.25) is 0 Å². The van der Waals surface area contributed by atoms with E-state index in [1.807, 2.05) is 26.0 Å². The number of hydrogen-bond donors (Lipinski definition) is 2. The first-order chi connectivity index (χ1) is 5.65. The molecule has 0 saturated heterocycles. The highest BCUT2D eigenvalue weighted by atomic mass is 35.5. The van der Waals surface area contributed by atoms with Gasteiger partial charge in [0, 0.05) is 11.6 Å². The second-order valence-electron chi connectivity index (χ2n) is 2.89. The van der Waals surface area contributed by atoms with E-state index in [1.165, 1.54) is 0 Å². The molecule has 1 rings (SSSR count). The molecule has 1 aromatic rings. The van der Waals surface area contributed by atoms with E-state index in [-0.39, 0.29) is 0 Å². The van der Waals surface area contributed by atoms with Gasteiger partial charge in [0.1, 0.15) is 0 Å². The van der Waals surface area contributed by atoms with Crippen LogP contribution in [0.1, 0.15) is 16.7 Å². The van der Waals surface area contributed by atoms with Crippen molar-refractivity contribution in [3.8, 4) is 0 Å². The van der Waals surface area contributed by atoms with E-state index in [9.17, 15) is 0 Å². The predicted octanol–water partition coefficient (Wildman–Crippen LogP) is 2.44. The Hall–Kier alpha value is -0.570. The van der Waals surface area contributed by atoms with Gasteiger partial charge in [-0.15, -0.1) is 0 Å².